The second-order valence-electron chi connectivity index (χ2n) is 11.3. The van der Waals surface area contributed by atoms with E-state index in [1.54, 1.807) is 50.2 Å². The second-order valence-corrected chi connectivity index (χ2v) is 13.5. The van der Waals surface area contributed by atoms with Gasteiger partial charge in [0.15, 0.2) is 11.4 Å². The van der Waals surface area contributed by atoms with E-state index in [2.05, 4.69) is 42.6 Å². The third kappa shape index (κ3) is 11.3. The normalized spacial score (nSPS) is 11.0. The van der Waals surface area contributed by atoms with E-state index in [0.717, 1.165) is 18.2 Å². The molecule has 0 aliphatic heterocycles. The van der Waals surface area contributed by atoms with Crippen molar-refractivity contribution < 1.29 is 74.9 Å². The molecule has 4 N–H and O–H groups in total. The van der Waals surface area contributed by atoms with Gasteiger partial charge in [-0.2, -0.15) is 18.6 Å². The Morgan fingerprint density at radius 3 is 1.82 bits per heavy atom. The van der Waals surface area contributed by atoms with Crippen LogP contribution in [0.3, 0.4) is 0 Å². The van der Waals surface area contributed by atoms with Crippen molar-refractivity contribution in [2.24, 2.45) is 20.5 Å². The van der Waals surface area contributed by atoms with Crippen LogP contribution in [0.5, 0.6) is 11.5 Å². The predicted molar refractivity (Wildman–Crippen MR) is 201 cm³/mol. The summed E-state index contributed by atoms with van der Waals surface area (Å²) >= 11 is 11.6. The van der Waals surface area contributed by atoms with Gasteiger partial charge in [-0.15, -0.1) is 10.2 Å². The van der Waals surface area contributed by atoms with E-state index in [1.165, 1.54) is 27.6 Å². The molecule has 6 rings (SSSR count). The molecule has 0 saturated heterocycles. The molecule has 6 aromatic rings. The van der Waals surface area contributed by atoms with Gasteiger partial charge in [-0.3, -0.25) is 29.1 Å². The average molecular weight is 880 g/mol. The third-order valence-corrected chi connectivity index (χ3v) is 8.70. The zero-order valence-corrected chi connectivity index (χ0v) is 35.5. The molecule has 0 unspecified atom stereocenters. The summed E-state index contributed by atoms with van der Waals surface area (Å²) in [5.74, 6) is -1.81. The summed E-state index contributed by atoms with van der Waals surface area (Å²) in [5.41, 5.74) is 1.16. The van der Waals surface area contributed by atoms with Gasteiger partial charge in [0, 0.05) is 15.7 Å². The number of carbonyl (C=O) groups is 1. The Morgan fingerprint density at radius 1 is 0.789 bits per heavy atom. The van der Waals surface area contributed by atoms with E-state index in [-0.39, 0.29) is 86.2 Å². The van der Waals surface area contributed by atoms with Gasteiger partial charge in [0.25, 0.3) is 21.2 Å². The second kappa shape index (κ2) is 19.9. The number of para-hydroxylation sites is 1. The van der Waals surface area contributed by atoms with Crippen LogP contribution in [-0.2, 0) is 32.3 Å². The number of H-pyrrole nitrogens is 2. The molecule has 0 bridgehead atoms. The van der Waals surface area contributed by atoms with Gasteiger partial charge in [0.1, 0.15) is 0 Å². The fourth-order valence-electron chi connectivity index (χ4n) is 4.74. The van der Waals surface area contributed by atoms with Gasteiger partial charge in [-0.25, -0.2) is 9.36 Å². The van der Waals surface area contributed by atoms with Crippen molar-refractivity contribution in [3.63, 3.8) is 0 Å². The topological polar surface area (TPSA) is 255 Å². The van der Waals surface area contributed by atoms with Crippen molar-refractivity contribution in [2.75, 3.05) is 5.32 Å². The van der Waals surface area contributed by atoms with Crippen LogP contribution in [0.2, 0.25) is 10.0 Å². The van der Waals surface area contributed by atoms with Crippen LogP contribution >= 0.6 is 23.2 Å². The Labute approximate surface area is 366 Å². The number of rotatable bonds is 9. The molecule has 22 heteroatoms. The number of azo groups is 2. The smallest absolute Gasteiger partial charge is 0.871 e. The molecule has 0 atom stereocenters. The predicted octanol–water partition coefficient (Wildman–Crippen LogP) is 3.61. The minimum Gasteiger partial charge on any atom is -0.871 e. The van der Waals surface area contributed by atoms with Gasteiger partial charge < -0.3 is 15.5 Å². The summed E-state index contributed by atoms with van der Waals surface area (Å²) < 4.78 is 34.4. The zero-order valence-electron chi connectivity index (χ0n) is 29.9. The van der Waals surface area contributed by atoms with E-state index < -0.39 is 32.0 Å². The number of aryl methyl sites for hydroxylation is 2. The first-order valence-corrected chi connectivity index (χ1v) is 17.8. The van der Waals surface area contributed by atoms with Gasteiger partial charge in [-0.1, -0.05) is 65.5 Å². The molecule has 285 valence electrons. The maximum absolute atomic E-state index is 12.8. The zero-order chi connectivity index (χ0) is 40.0. The number of halogens is 2. The molecule has 0 aliphatic rings. The van der Waals surface area contributed by atoms with Gasteiger partial charge in [-0.05, 0) is 80.6 Å². The van der Waals surface area contributed by atoms with Crippen LogP contribution in [0.1, 0.15) is 11.4 Å². The summed E-state index contributed by atoms with van der Waals surface area (Å²) in [7, 11) is -4.82. The number of aromatic nitrogens is 4. The Morgan fingerprint density at radius 2 is 1.30 bits per heavy atom. The molecule has 0 saturated carbocycles. The van der Waals surface area contributed by atoms with E-state index in [0.29, 0.717) is 33.5 Å². The number of nitrogens with one attached hydrogen (secondary N) is 3. The Balaban J connectivity index is 0.000000309. The summed E-state index contributed by atoms with van der Waals surface area (Å²) in [5, 5.41) is 47.7. The fraction of sp³-hybridized carbons (Fsp3) is 0.0571. The fourth-order valence-corrected chi connectivity index (χ4v) is 5.79. The van der Waals surface area contributed by atoms with Crippen molar-refractivity contribution in [3.8, 4) is 22.9 Å². The van der Waals surface area contributed by atoms with E-state index in [1.807, 2.05) is 18.2 Å². The van der Waals surface area contributed by atoms with E-state index in [4.69, 9.17) is 27.8 Å². The molecule has 2 heterocycles. The molecule has 1 amide bonds. The van der Waals surface area contributed by atoms with Crippen molar-refractivity contribution in [3.05, 3.63) is 140 Å². The average Bonchev–Trinajstić information content (AvgIpc) is 3.60. The van der Waals surface area contributed by atoms with Crippen molar-refractivity contribution >= 4 is 67.7 Å². The van der Waals surface area contributed by atoms with Crippen LogP contribution in [0.4, 0.5) is 28.4 Å². The first kappa shape index (κ1) is 46.3. The SMILES string of the molecule is C=CC(=O)Nc1ccc(-n2[nH]c(C)c(N=Nc3cc(Cl)cc(S(=O)(=O)O)c3[O-])c2=O)cc1.Cc1[nH]n(-c2ccccc2)c(=O)c1N=Nc1cc(Cl)ccc1[O-].[Cr+3].[Na+]. The number of carbonyl (C=O) groups excluding carboxylic acids is 1. The van der Waals surface area contributed by atoms with Gasteiger partial charge in [0.2, 0.25) is 5.91 Å². The molecule has 0 fully saturated rings. The largest absolute Gasteiger partial charge is 3.00 e. The van der Waals surface area contributed by atoms with Gasteiger partial charge >= 0.3 is 46.9 Å². The summed E-state index contributed by atoms with van der Waals surface area (Å²) in [6, 6.07) is 21.4. The molecule has 2 aromatic heterocycles. The van der Waals surface area contributed by atoms with Crippen LogP contribution in [-0.4, -0.2) is 38.4 Å². The summed E-state index contributed by atoms with van der Waals surface area (Å²) in [6.45, 7) is 6.62. The van der Waals surface area contributed by atoms with E-state index in [9.17, 15) is 33.0 Å². The molecular formula is C35H27Cl2CrN9NaO8S+2. The molecule has 1 radical (unpaired) electrons. The van der Waals surface area contributed by atoms with Crippen LogP contribution in [0.25, 0.3) is 11.4 Å². The monoisotopic (exact) mass is 878 g/mol. The molecular weight excluding hydrogens is 852 g/mol. The van der Waals surface area contributed by atoms with E-state index >= 15 is 0 Å². The standard InChI is InChI=1S/C19H16ClN5O6S.C16H13ClN4O2.Cr.Na/c1-3-16(26)21-12-4-6-13(7-5-12)25-19(28)17(10(2)24-25)23-22-14-8-11(20)9-15(18(14)27)32(29,30)31;1-10-15(19-18-13-9-11(17)7-8-14(13)22)16(23)21(20-10)12-5-3-2-4-6-12;;/h3-9,24,27H,1H2,2H3,(H,21,26)(H,29,30,31);2-9,20,22H,1H3;;/q;;+3;+1/p-2. The molecule has 17 nitrogen and oxygen atoms in total. The maximum Gasteiger partial charge on any atom is 3.00 e. The first-order chi connectivity index (χ1) is 26.1. The Kier molecular flexibility index (Phi) is 16.1. The molecule has 0 aliphatic carbocycles. The molecule has 57 heavy (non-hydrogen) atoms. The summed E-state index contributed by atoms with van der Waals surface area (Å²) in [6.07, 6.45) is 1.12. The number of aromatic amines is 2. The van der Waals surface area contributed by atoms with Crippen molar-refractivity contribution in [1.82, 2.24) is 19.6 Å². The van der Waals surface area contributed by atoms with Gasteiger partial charge in [0.05, 0.1) is 39.0 Å². The number of benzene rings is 4. The minimum atomic E-state index is -4.82. The number of hydrogen-bond acceptors (Lipinski definition) is 11. The number of amides is 1. The van der Waals surface area contributed by atoms with Crippen LogP contribution < -0.4 is 56.2 Å². The third-order valence-electron chi connectivity index (χ3n) is 7.39. The number of hydrogen-bond donors (Lipinski definition) is 4. The quantitative estimate of drug-likeness (QED) is 0.0721. The summed E-state index contributed by atoms with van der Waals surface area (Å²) in [4.78, 5) is 35.6. The first-order valence-electron chi connectivity index (χ1n) is 15.6. The number of anilines is 1. The molecule has 4 aromatic carbocycles. The Hall–Kier alpha value is -5.07. The van der Waals surface area contributed by atoms with Crippen molar-refractivity contribution in [2.45, 2.75) is 18.7 Å². The van der Waals surface area contributed by atoms with Crippen molar-refractivity contribution in [1.29, 1.82) is 0 Å². The van der Waals surface area contributed by atoms with Crippen LogP contribution in [0, 0.1) is 13.8 Å². The Bertz CT molecular complexity index is 2720. The van der Waals surface area contributed by atoms with Crippen LogP contribution in [0.15, 0.2) is 133 Å². The maximum atomic E-state index is 12.8. The minimum absolute atomic E-state index is 0. The number of nitrogens with zero attached hydrogens (tertiary/aromatic N) is 6. The molecule has 0 spiro atoms.